The van der Waals surface area contributed by atoms with E-state index in [0.29, 0.717) is 0 Å². The SMILES string of the molecule is c1ccc(-n2c3ccccc3c3cc(-c4ccc5c(c4)c4ccccc4n5-c4ccc5cc(-c6cc7ccccc7c7ccccc67)ccc5c4)ccc32)cc1.c1ccc(-n2c3ccccc3c3cc(-c4ccc5c(c4)c4ccccc4n5-c4ccc5ccc(-c6cc7ccccc7c7ccccc67)cc5c4)ccc32)cc1. The summed E-state index contributed by atoms with van der Waals surface area (Å²) >= 11 is 0. The van der Waals surface area contributed by atoms with Crippen LogP contribution >= 0.6 is 0 Å². The van der Waals surface area contributed by atoms with Gasteiger partial charge in [-0.1, -0.05) is 267 Å². The molecule has 112 heavy (non-hydrogen) atoms. The second-order valence-electron chi connectivity index (χ2n) is 29.9. The highest BCUT2D eigenvalue weighted by Gasteiger charge is 2.21. The van der Waals surface area contributed by atoms with Gasteiger partial charge in [-0.05, 0) is 255 Å². The number of nitrogens with zero attached hydrogens (tertiary/aromatic N) is 4. The van der Waals surface area contributed by atoms with Crippen molar-refractivity contribution < 1.29 is 0 Å². The molecule has 24 rings (SSSR count). The number of fused-ring (bicyclic) bond motifs is 20. The van der Waals surface area contributed by atoms with E-state index < -0.39 is 0 Å². The zero-order valence-electron chi connectivity index (χ0n) is 61.0. The van der Waals surface area contributed by atoms with Crippen LogP contribution in [0.3, 0.4) is 0 Å². The highest BCUT2D eigenvalue weighted by atomic mass is 15.0. The zero-order valence-corrected chi connectivity index (χ0v) is 61.0. The van der Waals surface area contributed by atoms with Crippen LogP contribution in [0.25, 0.3) is 219 Å². The number of benzene rings is 20. The van der Waals surface area contributed by atoms with Crippen LogP contribution in [0.4, 0.5) is 0 Å². The lowest BCUT2D eigenvalue weighted by molar-refractivity contribution is 1.18. The number of hydrogen-bond acceptors (Lipinski definition) is 0. The van der Waals surface area contributed by atoms with Gasteiger partial charge in [-0.3, -0.25) is 0 Å². The molecule has 24 aromatic rings. The molecule has 0 radical (unpaired) electrons. The van der Waals surface area contributed by atoms with Gasteiger partial charge in [-0.25, -0.2) is 0 Å². The number of aromatic nitrogens is 4. The second kappa shape index (κ2) is 25.4. The molecule has 0 N–H and O–H groups in total. The number of para-hydroxylation sites is 6. The molecule has 4 aromatic heterocycles. The maximum absolute atomic E-state index is 2.43. The maximum Gasteiger partial charge on any atom is 0.0541 e. The lowest BCUT2D eigenvalue weighted by Gasteiger charge is -2.13. The fourth-order valence-corrected chi connectivity index (χ4v) is 18.5. The summed E-state index contributed by atoms with van der Waals surface area (Å²) in [6.07, 6.45) is 0. The van der Waals surface area contributed by atoms with Crippen LogP contribution in [-0.4, -0.2) is 18.3 Å². The van der Waals surface area contributed by atoms with Crippen LogP contribution in [-0.2, 0) is 0 Å². The van der Waals surface area contributed by atoms with Crippen molar-refractivity contribution >= 4 is 152 Å². The molecule has 520 valence electrons. The van der Waals surface area contributed by atoms with E-state index in [-0.39, 0.29) is 0 Å². The molecule has 4 heterocycles. The van der Waals surface area contributed by atoms with Crippen molar-refractivity contribution in [2.24, 2.45) is 0 Å². The third-order valence-electron chi connectivity index (χ3n) is 23.7. The molecule has 4 heteroatoms. The van der Waals surface area contributed by atoms with Crippen LogP contribution in [0.1, 0.15) is 0 Å². The molecule has 0 saturated heterocycles. The van der Waals surface area contributed by atoms with E-state index in [1.54, 1.807) is 0 Å². The lowest BCUT2D eigenvalue weighted by atomic mass is 9.92. The molecular weight excluding hydrogens is 1350 g/mol. The highest BCUT2D eigenvalue weighted by Crippen LogP contribution is 2.45. The molecule has 0 bridgehead atoms. The summed E-state index contributed by atoms with van der Waals surface area (Å²) < 4.78 is 9.61. The lowest BCUT2D eigenvalue weighted by Crippen LogP contribution is -1.94. The number of hydrogen-bond donors (Lipinski definition) is 0. The van der Waals surface area contributed by atoms with E-state index in [0.717, 1.165) is 11.4 Å². The first-order chi connectivity index (χ1) is 55.5. The Morgan fingerprint density at radius 2 is 0.384 bits per heavy atom. The fraction of sp³-hybridized carbons (Fsp3) is 0. The monoisotopic (exact) mass is 1420 g/mol. The summed E-state index contributed by atoms with van der Waals surface area (Å²) in [5.41, 5.74) is 24.2. The minimum absolute atomic E-state index is 1.16. The Morgan fingerprint density at radius 1 is 0.116 bits per heavy atom. The maximum atomic E-state index is 2.43. The van der Waals surface area contributed by atoms with Crippen molar-refractivity contribution in [1.29, 1.82) is 0 Å². The van der Waals surface area contributed by atoms with Gasteiger partial charge in [0, 0.05) is 65.8 Å². The molecule has 0 amide bonds. The Morgan fingerprint density at radius 3 is 0.786 bits per heavy atom. The fourth-order valence-electron chi connectivity index (χ4n) is 18.5. The Hall–Kier alpha value is -14.8. The van der Waals surface area contributed by atoms with E-state index in [4.69, 9.17) is 0 Å². The molecule has 0 spiro atoms. The van der Waals surface area contributed by atoms with Crippen molar-refractivity contribution in [3.8, 4) is 67.3 Å². The predicted molar refractivity (Wildman–Crippen MR) is 477 cm³/mol. The van der Waals surface area contributed by atoms with E-state index in [1.165, 1.54) is 208 Å². The van der Waals surface area contributed by atoms with Gasteiger partial charge < -0.3 is 18.3 Å². The molecule has 4 nitrogen and oxygen atoms in total. The molecule has 0 saturated carbocycles. The minimum atomic E-state index is 1.16. The van der Waals surface area contributed by atoms with Crippen molar-refractivity contribution in [2.45, 2.75) is 0 Å². The normalized spacial score (nSPS) is 11.9. The van der Waals surface area contributed by atoms with E-state index in [1.807, 2.05) is 0 Å². The van der Waals surface area contributed by atoms with Crippen molar-refractivity contribution in [3.63, 3.8) is 0 Å². The molecule has 0 unspecified atom stereocenters. The first kappa shape index (κ1) is 63.3. The topological polar surface area (TPSA) is 19.7 Å². The summed E-state index contributed by atoms with van der Waals surface area (Å²) in [4.78, 5) is 0. The van der Waals surface area contributed by atoms with Gasteiger partial charge in [0.2, 0.25) is 0 Å². The Labute approximate surface area is 645 Å². The van der Waals surface area contributed by atoms with Gasteiger partial charge in [0.15, 0.2) is 0 Å². The van der Waals surface area contributed by atoms with Crippen LogP contribution in [0.2, 0.25) is 0 Å². The van der Waals surface area contributed by atoms with E-state index in [2.05, 4.69) is 431 Å². The van der Waals surface area contributed by atoms with Gasteiger partial charge in [-0.15, -0.1) is 0 Å². The van der Waals surface area contributed by atoms with E-state index in [9.17, 15) is 0 Å². The molecule has 0 atom stereocenters. The molecule has 0 aliphatic rings. The Balaban J connectivity index is 0.000000134. The Bertz CT molecular complexity index is 8000. The first-order valence-corrected chi connectivity index (χ1v) is 38.7. The van der Waals surface area contributed by atoms with Crippen molar-refractivity contribution in [1.82, 2.24) is 18.3 Å². The van der Waals surface area contributed by atoms with Crippen molar-refractivity contribution in [3.05, 3.63) is 413 Å². The zero-order chi connectivity index (χ0) is 73.5. The van der Waals surface area contributed by atoms with E-state index >= 15 is 0 Å². The van der Waals surface area contributed by atoms with Gasteiger partial charge >= 0.3 is 0 Å². The smallest absolute Gasteiger partial charge is 0.0541 e. The van der Waals surface area contributed by atoms with Crippen LogP contribution in [0.15, 0.2) is 413 Å². The summed E-state index contributed by atoms with van der Waals surface area (Å²) in [6, 6.07) is 152. The van der Waals surface area contributed by atoms with Crippen LogP contribution in [0.5, 0.6) is 0 Å². The average Bonchev–Trinajstić information content (AvgIpc) is 1.65. The molecule has 0 fully saturated rings. The standard InChI is InChI=1S/2C54H34N2/c1-2-13-41(14-3-1)55-51-20-10-8-18-46(51)49-32-37(25-28-53(49)55)38-26-29-54-50(33-38)47-19-9-11-21-52(47)56(54)42-27-24-35-30-40(23-22-36(35)31-42)48-34-39-12-4-5-15-43(39)44-16-6-7-17-45(44)48;1-2-13-41(14-3-1)55-51-20-10-8-18-46(51)49-32-36(25-28-53(49)55)37-26-29-54-50(33-37)47-19-9-11-21-52(47)56(54)42-27-24-35-22-23-39(30-40(35)31-42)48-34-38-12-4-5-15-43(38)44-16-6-7-17-45(44)48/h2*1-34H. The quantitative estimate of drug-likeness (QED) is 0.135. The average molecular weight is 1420 g/mol. The minimum Gasteiger partial charge on any atom is -0.309 e. The summed E-state index contributed by atoms with van der Waals surface area (Å²) in [5, 5.41) is 25.2. The molecule has 20 aromatic carbocycles. The summed E-state index contributed by atoms with van der Waals surface area (Å²) in [5.74, 6) is 0. The molecular formula is C108H68N4. The highest BCUT2D eigenvalue weighted by molar-refractivity contribution is 6.19. The number of rotatable bonds is 8. The van der Waals surface area contributed by atoms with Gasteiger partial charge in [0.1, 0.15) is 0 Å². The van der Waals surface area contributed by atoms with Gasteiger partial charge in [-0.2, -0.15) is 0 Å². The summed E-state index contributed by atoms with van der Waals surface area (Å²) in [7, 11) is 0. The first-order valence-electron chi connectivity index (χ1n) is 38.7. The third kappa shape index (κ3) is 10.1. The Kier molecular flexibility index (Phi) is 14.3. The van der Waals surface area contributed by atoms with Crippen LogP contribution < -0.4 is 0 Å². The largest absolute Gasteiger partial charge is 0.309 e. The molecule has 0 aliphatic heterocycles. The summed E-state index contributed by atoms with van der Waals surface area (Å²) in [6.45, 7) is 0. The van der Waals surface area contributed by atoms with Crippen LogP contribution in [0, 0.1) is 0 Å². The molecule has 0 aliphatic carbocycles. The van der Waals surface area contributed by atoms with Gasteiger partial charge in [0.05, 0.1) is 44.1 Å². The second-order valence-corrected chi connectivity index (χ2v) is 29.9. The predicted octanol–water partition coefficient (Wildman–Crippen LogP) is 29.3. The van der Waals surface area contributed by atoms with Crippen molar-refractivity contribution in [2.75, 3.05) is 0 Å². The van der Waals surface area contributed by atoms with Gasteiger partial charge in [0.25, 0.3) is 0 Å². The third-order valence-corrected chi connectivity index (χ3v) is 23.7.